The molecule has 74 valence electrons. The van der Waals surface area contributed by atoms with Gasteiger partial charge in [0.1, 0.15) is 0 Å². The molecule has 0 radical (unpaired) electrons. The number of nitrogens with zero attached hydrogens (tertiary/aromatic N) is 3. The zero-order valence-corrected chi connectivity index (χ0v) is 8.31. The summed E-state index contributed by atoms with van der Waals surface area (Å²) in [7, 11) is 2.00. The second kappa shape index (κ2) is 2.95. The van der Waals surface area contributed by atoms with Crippen LogP contribution >= 0.6 is 0 Å². The molecule has 0 aliphatic rings. The van der Waals surface area contributed by atoms with E-state index in [1.165, 1.54) is 0 Å². The second-order valence-corrected chi connectivity index (χ2v) is 3.48. The summed E-state index contributed by atoms with van der Waals surface area (Å²) >= 11 is 0. The molecule has 3 heterocycles. The van der Waals surface area contributed by atoms with Crippen molar-refractivity contribution < 1.29 is 0 Å². The normalized spacial score (nSPS) is 11.0. The zero-order valence-electron chi connectivity index (χ0n) is 8.31. The van der Waals surface area contributed by atoms with E-state index in [9.17, 15) is 0 Å². The van der Waals surface area contributed by atoms with Crippen LogP contribution in [0.3, 0.4) is 0 Å². The number of rotatable bonds is 1. The van der Waals surface area contributed by atoms with Crippen molar-refractivity contribution in [1.82, 2.24) is 19.5 Å². The maximum absolute atomic E-state index is 4.50. The fraction of sp³-hybridized carbons (Fsp3) is 0.0909. The number of fused-ring (bicyclic) bond motifs is 1. The second-order valence-electron chi connectivity index (χ2n) is 3.48. The molecule has 1 N–H and O–H groups in total. The molecule has 0 saturated heterocycles. The van der Waals surface area contributed by atoms with Crippen LogP contribution in [0.5, 0.6) is 0 Å². The minimum absolute atomic E-state index is 0.880. The van der Waals surface area contributed by atoms with Crippen molar-refractivity contribution in [1.29, 1.82) is 0 Å². The smallest absolute Gasteiger partial charge is 0.155 e. The molecule has 3 rings (SSSR count). The fourth-order valence-electron chi connectivity index (χ4n) is 1.69. The molecule has 0 spiro atoms. The molecular weight excluding hydrogens is 188 g/mol. The Kier molecular flexibility index (Phi) is 1.62. The van der Waals surface area contributed by atoms with Gasteiger partial charge in [0, 0.05) is 19.4 Å². The lowest BCUT2D eigenvalue weighted by Crippen LogP contribution is -1.90. The summed E-state index contributed by atoms with van der Waals surface area (Å²) in [6, 6.07) is 5.93. The number of hydrogen-bond acceptors (Lipinski definition) is 2. The molecular formula is C11H10N4. The van der Waals surface area contributed by atoms with Crippen molar-refractivity contribution in [3.05, 3.63) is 36.8 Å². The first kappa shape index (κ1) is 8.23. The maximum atomic E-state index is 4.50. The molecule has 0 fully saturated rings. The summed E-state index contributed by atoms with van der Waals surface area (Å²) < 4.78 is 2.03. The fourth-order valence-corrected chi connectivity index (χ4v) is 1.69. The largest absolute Gasteiger partial charge is 0.348 e. The Bertz CT molecular complexity index is 573. The Morgan fingerprint density at radius 1 is 1.33 bits per heavy atom. The van der Waals surface area contributed by atoms with Gasteiger partial charge >= 0.3 is 0 Å². The van der Waals surface area contributed by atoms with Gasteiger partial charge in [0.05, 0.1) is 22.9 Å². The summed E-state index contributed by atoms with van der Waals surface area (Å²) in [5, 5.41) is 0. The van der Waals surface area contributed by atoms with Crippen LogP contribution < -0.4 is 0 Å². The number of aromatic nitrogens is 4. The first-order valence-corrected chi connectivity index (χ1v) is 4.76. The summed E-state index contributed by atoms with van der Waals surface area (Å²) in [5.74, 6) is 0.880. The monoisotopic (exact) mass is 198 g/mol. The molecule has 0 bridgehead atoms. The van der Waals surface area contributed by atoms with Crippen LogP contribution in [0.4, 0.5) is 0 Å². The summed E-state index contributed by atoms with van der Waals surface area (Å²) in [4.78, 5) is 11.8. The van der Waals surface area contributed by atoms with Crippen molar-refractivity contribution >= 4 is 11.0 Å². The number of H-pyrrole nitrogens is 1. The van der Waals surface area contributed by atoms with Crippen LogP contribution in [-0.4, -0.2) is 19.5 Å². The van der Waals surface area contributed by atoms with Gasteiger partial charge < -0.3 is 9.55 Å². The van der Waals surface area contributed by atoms with Crippen LogP contribution in [0.2, 0.25) is 0 Å². The van der Waals surface area contributed by atoms with Crippen LogP contribution in [-0.2, 0) is 7.05 Å². The molecule has 0 aromatic carbocycles. The lowest BCUT2D eigenvalue weighted by Gasteiger charge is -1.97. The van der Waals surface area contributed by atoms with Gasteiger partial charge in [-0.2, -0.15) is 0 Å². The third kappa shape index (κ3) is 1.22. The quantitative estimate of drug-likeness (QED) is 0.649. The van der Waals surface area contributed by atoms with Gasteiger partial charge in [0.15, 0.2) is 5.82 Å². The van der Waals surface area contributed by atoms with E-state index in [-0.39, 0.29) is 0 Å². The van der Waals surface area contributed by atoms with Crippen molar-refractivity contribution in [2.45, 2.75) is 0 Å². The highest BCUT2D eigenvalue weighted by Crippen LogP contribution is 2.19. The molecule has 0 aliphatic carbocycles. The highest BCUT2D eigenvalue weighted by atomic mass is 15.0. The molecule has 0 atom stereocenters. The molecule has 4 nitrogen and oxygen atoms in total. The van der Waals surface area contributed by atoms with Gasteiger partial charge in [0.2, 0.25) is 0 Å². The average Bonchev–Trinajstić information content (AvgIpc) is 2.82. The van der Waals surface area contributed by atoms with Gasteiger partial charge in [-0.3, -0.25) is 4.98 Å². The van der Waals surface area contributed by atoms with Crippen molar-refractivity contribution in [2.75, 3.05) is 0 Å². The Hall–Kier alpha value is -2.10. The average molecular weight is 198 g/mol. The van der Waals surface area contributed by atoms with Crippen LogP contribution in [0.15, 0.2) is 36.8 Å². The van der Waals surface area contributed by atoms with Crippen molar-refractivity contribution in [3.8, 4) is 11.5 Å². The topological polar surface area (TPSA) is 46.5 Å². The van der Waals surface area contributed by atoms with Crippen molar-refractivity contribution in [2.24, 2.45) is 7.05 Å². The van der Waals surface area contributed by atoms with E-state index in [1.807, 2.05) is 36.0 Å². The predicted octanol–water partition coefficient (Wildman–Crippen LogP) is 1.96. The molecule has 0 aliphatic heterocycles. The predicted molar refractivity (Wildman–Crippen MR) is 58.3 cm³/mol. The van der Waals surface area contributed by atoms with Gasteiger partial charge in [0.25, 0.3) is 0 Å². The Morgan fingerprint density at radius 3 is 3.00 bits per heavy atom. The van der Waals surface area contributed by atoms with E-state index in [0.717, 1.165) is 22.6 Å². The molecule has 3 aromatic heterocycles. The minimum Gasteiger partial charge on any atom is -0.348 e. The molecule has 0 amide bonds. The summed E-state index contributed by atoms with van der Waals surface area (Å²) in [6.07, 6.45) is 5.54. The number of hydrogen-bond donors (Lipinski definition) is 1. The molecule has 4 heteroatoms. The number of aryl methyl sites for hydroxylation is 1. The summed E-state index contributed by atoms with van der Waals surface area (Å²) in [6.45, 7) is 0. The molecule has 0 saturated carbocycles. The maximum Gasteiger partial charge on any atom is 0.155 e. The molecule has 15 heavy (non-hydrogen) atoms. The Balaban J connectivity index is 2.24. The zero-order chi connectivity index (χ0) is 10.3. The van der Waals surface area contributed by atoms with Crippen LogP contribution in [0, 0.1) is 0 Å². The Labute approximate surface area is 86.6 Å². The van der Waals surface area contributed by atoms with Crippen molar-refractivity contribution in [3.63, 3.8) is 0 Å². The molecule has 0 unspecified atom stereocenters. The third-order valence-electron chi connectivity index (χ3n) is 2.47. The Morgan fingerprint density at radius 2 is 2.27 bits per heavy atom. The van der Waals surface area contributed by atoms with Gasteiger partial charge in [-0.25, -0.2) is 4.98 Å². The SMILES string of the molecule is Cn1cccc1-c1nc2ccncc2[nH]1. The standard InChI is InChI=1S/C11H10N4/c1-15-6-2-3-10(15)11-13-8-4-5-12-7-9(8)14-11/h2-7H,1H3,(H,13,14). The van der Waals surface area contributed by atoms with Crippen LogP contribution in [0.1, 0.15) is 0 Å². The van der Waals surface area contributed by atoms with E-state index in [4.69, 9.17) is 0 Å². The van der Waals surface area contributed by atoms with E-state index < -0.39 is 0 Å². The van der Waals surface area contributed by atoms with Gasteiger partial charge in [-0.15, -0.1) is 0 Å². The molecule has 3 aromatic rings. The summed E-state index contributed by atoms with van der Waals surface area (Å²) in [5.41, 5.74) is 2.99. The van der Waals surface area contributed by atoms with Gasteiger partial charge in [-0.05, 0) is 18.2 Å². The lowest BCUT2D eigenvalue weighted by molar-refractivity contribution is 0.927. The van der Waals surface area contributed by atoms with E-state index in [2.05, 4.69) is 15.0 Å². The number of pyridine rings is 1. The minimum atomic E-state index is 0.880. The van der Waals surface area contributed by atoms with E-state index >= 15 is 0 Å². The highest BCUT2D eigenvalue weighted by Gasteiger charge is 2.06. The van der Waals surface area contributed by atoms with E-state index in [0.29, 0.717) is 0 Å². The first-order valence-electron chi connectivity index (χ1n) is 4.76. The third-order valence-corrected chi connectivity index (χ3v) is 2.47. The van der Waals surface area contributed by atoms with Crippen LogP contribution in [0.25, 0.3) is 22.6 Å². The highest BCUT2D eigenvalue weighted by molar-refractivity contribution is 5.77. The lowest BCUT2D eigenvalue weighted by atomic mass is 10.4. The number of aromatic amines is 1. The first-order chi connectivity index (χ1) is 7.34. The number of imidazole rings is 1. The van der Waals surface area contributed by atoms with Gasteiger partial charge in [-0.1, -0.05) is 0 Å². The number of nitrogens with one attached hydrogen (secondary N) is 1. The van der Waals surface area contributed by atoms with E-state index in [1.54, 1.807) is 12.4 Å².